The Morgan fingerprint density at radius 3 is 2.47 bits per heavy atom. The molecule has 100 valence electrons. The van der Waals surface area contributed by atoms with Gasteiger partial charge >= 0.3 is 0 Å². The van der Waals surface area contributed by atoms with Crippen molar-refractivity contribution >= 4 is 31.9 Å². The molecule has 0 aliphatic carbocycles. The lowest BCUT2D eigenvalue weighted by Crippen LogP contribution is -2.18. The molecule has 0 aliphatic heterocycles. The lowest BCUT2D eigenvalue weighted by molar-refractivity contribution is 0.213. The highest BCUT2D eigenvalue weighted by Gasteiger charge is 2.14. The molecule has 0 fully saturated rings. The van der Waals surface area contributed by atoms with Crippen LogP contribution in [0.2, 0.25) is 0 Å². The summed E-state index contributed by atoms with van der Waals surface area (Å²) in [7, 11) is 0. The second kappa shape index (κ2) is 6.55. The van der Waals surface area contributed by atoms with Crippen LogP contribution in [-0.2, 0) is 0 Å². The Labute approximate surface area is 130 Å². The van der Waals surface area contributed by atoms with Crippen LogP contribution in [0.25, 0.3) is 0 Å². The molecule has 2 N–H and O–H groups in total. The van der Waals surface area contributed by atoms with Crippen LogP contribution in [-0.4, -0.2) is 6.54 Å². The van der Waals surface area contributed by atoms with Gasteiger partial charge in [-0.15, -0.1) is 0 Å². The Morgan fingerprint density at radius 1 is 1.11 bits per heavy atom. The quantitative estimate of drug-likeness (QED) is 0.835. The normalized spacial score (nSPS) is 12.2. The van der Waals surface area contributed by atoms with E-state index in [2.05, 4.69) is 31.9 Å². The molecule has 0 saturated heterocycles. The number of aryl methyl sites for hydroxylation is 1. The average molecular weight is 385 g/mol. The maximum Gasteiger partial charge on any atom is 0.137 e. The van der Waals surface area contributed by atoms with Gasteiger partial charge in [0, 0.05) is 21.1 Å². The summed E-state index contributed by atoms with van der Waals surface area (Å²) in [5, 5.41) is 0. The number of hydrogen-bond donors (Lipinski definition) is 1. The molecule has 4 heteroatoms. The van der Waals surface area contributed by atoms with E-state index in [1.807, 2.05) is 49.4 Å². The fraction of sp³-hybridized carbons (Fsp3) is 0.200. The number of ether oxygens (including phenoxy) is 1. The van der Waals surface area contributed by atoms with Crippen molar-refractivity contribution in [2.24, 2.45) is 5.73 Å². The SMILES string of the molecule is Cc1cc(OC(CN)c2ccccc2Br)ccc1Br. The highest BCUT2D eigenvalue weighted by molar-refractivity contribution is 9.10. The molecule has 19 heavy (non-hydrogen) atoms. The van der Waals surface area contributed by atoms with Gasteiger partial charge in [-0.3, -0.25) is 0 Å². The molecule has 2 rings (SSSR count). The van der Waals surface area contributed by atoms with Gasteiger partial charge in [0.15, 0.2) is 0 Å². The van der Waals surface area contributed by atoms with E-state index in [4.69, 9.17) is 10.5 Å². The maximum atomic E-state index is 5.99. The van der Waals surface area contributed by atoms with Gasteiger partial charge in [-0.25, -0.2) is 0 Å². The van der Waals surface area contributed by atoms with Crippen LogP contribution >= 0.6 is 31.9 Å². The van der Waals surface area contributed by atoms with E-state index in [0.717, 1.165) is 25.8 Å². The summed E-state index contributed by atoms with van der Waals surface area (Å²) in [6, 6.07) is 13.9. The molecular formula is C15H15Br2NO. The van der Waals surface area contributed by atoms with Crippen molar-refractivity contribution in [3.05, 3.63) is 62.5 Å². The van der Waals surface area contributed by atoms with Gasteiger partial charge in [-0.2, -0.15) is 0 Å². The average Bonchev–Trinajstić information content (AvgIpc) is 2.41. The highest BCUT2D eigenvalue weighted by atomic mass is 79.9. The van der Waals surface area contributed by atoms with Crippen LogP contribution < -0.4 is 10.5 Å². The van der Waals surface area contributed by atoms with Gasteiger partial charge in [0.25, 0.3) is 0 Å². The molecule has 0 heterocycles. The van der Waals surface area contributed by atoms with Crippen molar-refractivity contribution in [3.8, 4) is 5.75 Å². The predicted molar refractivity (Wildman–Crippen MR) is 85.4 cm³/mol. The van der Waals surface area contributed by atoms with Crippen LogP contribution in [0.5, 0.6) is 5.75 Å². The molecule has 0 radical (unpaired) electrons. The molecule has 0 aromatic heterocycles. The smallest absolute Gasteiger partial charge is 0.137 e. The standard InChI is InChI=1S/C15H15Br2NO/c1-10-8-11(6-7-13(10)16)19-15(9-18)12-4-2-3-5-14(12)17/h2-8,15H,9,18H2,1H3. The fourth-order valence-corrected chi connectivity index (χ4v) is 2.62. The number of rotatable bonds is 4. The van der Waals surface area contributed by atoms with Crippen LogP contribution in [0.15, 0.2) is 51.4 Å². The molecule has 0 aliphatic rings. The first-order valence-electron chi connectivity index (χ1n) is 5.99. The van der Waals surface area contributed by atoms with Crippen molar-refractivity contribution in [2.45, 2.75) is 13.0 Å². The molecule has 0 amide bonds. The minimum absolute atomic E-state index is 0.156. The number of nitrogens with two attached hydrogens (primary N) is 1. The fourth-order valence-electron chi connectivity index (χ4n) is 1.83. The van der Waals surface area contributed by atoms with Crippen molar-refractivity contribution in [3.63, 3.8) is 0 Å². The second-order valence-corrected chi connectivity index (χ2v) is 5.98. The summed E-state index contributed by atoms with van der Waals surface area (Å²) in [5.74, 6) is 0.826. The molecule has 2 aromatic rings. The van der Waals surface area contributed by atoms with Gasteiger partial charge in [0.1, 0.15) is 11.9 Å². The Balaban J connectivity index is 2.24. The lowest BCUT2D eigenvalue weighted by atomic mass is 10.1. The monoisotopic (exact) mass is 383 g/mol. The van der Waals surface area contributed by atoms with E-state index < -0.39 is 0 Å². The summed E-state index contributed by atoms with van der Waals surface area (Å²) in [5.41, 5.74) is 8.03. The Hall–Kier alpha value is -0.840. The first-order chi connectivity index (χ1) is 9.11. The molecule has 2 aromatic carbocycles. The minimum Gasteiger partial charge on any atom is -0.484 e. The molecule has 0 saturated carbocycles. The summed E-state index contributed by atoms with van der Waals surface area (Å²) < 4.78 is 8.08. The zero-order valence-corrected chi connectivity index (χ0v) is 13.7. The topological polar surface area (TPSA) is 35.2 Å². The van der Waals surface area contributed by atoms with Gasteiger partial charge in [0.2, 0.25) is 0 Å². The summed E-state index contributed by atoms with van der Waals surface area (Å²) >= 11 is 7.02. The van der Waals surface area contributed by atoms with Crippen LogP contribution in [0.1, 0.15) is 17.2 Å². The lowest BCUT2D eigenvalue weighted by Gasteiger charge is -2.19. The number of benzene rings is 2. The van der Waals surface area contributed by atoms with E-state index in [1.165, 1.54) is 0 Å². The third-order valence-electron chi connectivity index (χ3n) is 2.87. The molecule has 1 atom stereocenters. The molecular weight excluding hydrogens is 370 g/mol. The molecule has 2 nitrogen and oxygen atoms in total. The molecule has 0 spiro atoms. The number of hydrogen-bond acceptors (Lipinski definition) is 2. The Kier molecular flexibility index (Phi) is 5.02. The van der Waals surface area contributed by atoms with E-state index in [1.54, 1.807) is 0 Å². The zero-order chi connectivity index (χ0) is 13.8. The Morgan fingerprint density at radius 2 is 1.84 bits per heavy atom. The first-order valence-corrected chi connectivity index (χ1v) is 7.57. The van der Waals surface area contributed by atoms with Crippen LogP contribution in [0.3, 0.4) is 0 Å². The van der Waals surface area contributed by atoms with Crippen LogP contribution in [0.4, 0.5) is 0 Å². The van der Waals surface area contributed by atoms with Crippen molar-refractivity contribution < 1.29 is 4.74 Å². The predicted octanol–water partition coefficient (Wildman–Crippen LogP) is 4.60. The van der Waals surface area contributed by atoms with E-state index >= 15 is 0 Å². The third-order valence-corrected chi connectivity index (χ3v) is 4.49. The first kappa shape index (κ1) is 14.6. The van der Waals surface area contributed by atoms with Crippen LogP contribution in [0, 0.1) is 6.92 Å². The van der Waals surface area contributed by atoms with Crippen molar-refractivity contribution in [1.82, 2.24) is 0 Å². The van der Waals surface area contributed by atoms with E-state index in [0.29, 0.717) is 6.54 Å². The summed E-state index contributed by atoms with van der Waals surface area (Å²) in [6.45, 7) is 2.46. The van der Waals surface area contributed by atoms with Crippen molar-refractivity contribution in [2.75, 3.05) is 6.54 Å². The van der Waals surface area contributed by atoms with Crippen molar-refractivity contribution in [1.29, 1.82) is 0 Å². The minimum atomic E-state index is -0.156. The van der Waals surface area contributed by atoms with E-state index in [-0.39, 0.29) is 6.10 Å². The highest BCUT2D eigenvalue weighted by Crippen LogP contribution is 2.29. The zero-order valence-electron chi connectivity index (χ0n) is 10.6. The third kappa shape index (κ3) is 3.59. The van der Waals surface area contributed by atoms with Gasteiger partial charge < -0.3 is 10.5 Å². The van der Waals surface area contributed by atoms with Gasteiger partial charge in [-0.1, -0.05) is 50.1 Å². The summed E-state index contributed by atoms with van der Waals surface area (Å²) in [4.78, 5) is 0. The van der Waals surface area contributed by atoms with E-state index in [9.17, 15) is 0 Å². The Bertz CT molecular complexity index is 572. The molecule has 0 bridgehead atoms. The van der Waals surface area contributed by atoms with Gasteiger partial charge in [0.05, 0.1) is 0 Å². The van der Waals surface area contributed by atoms with Gasteiger partial charge in [-0.05, 0) is 36.8 Å². The second-order valence-electron chi connectivity index (χ2n) is 4.27. The largest absolute Gasteiger partial charge is 0.484 e. The summed E-state index contributed by atoms with van der Waals surface area (Å²) in [6.07, 6.45) is -0.156. The molecule has 1 unspecified atom stereocenters. The maximum absolute atomic E-state index is 5.99. The number of halogens is 2.